The molecular weight excluding hydrogens is 398 g/mol. The van der Waals surface area contributed by atoms with Crippen molar-refractivity contribution < 1.29 is 9.53 Å². The highest BCUT2D eigenvalue weighted by Crippen LogP contribution is 2.25. The second-order valence-electron chi connectivity index (χ2n) is 6.83. The summed E-state index contributed by atoms with van der Waals surface area (Å²) in [6, 6.07) is 15.1. The fraction of sp³-hybridized carbons (Fsp3) is 0.227. The molecule has 2 aromatic carbocycles. The van der Waals surface area contributed by atoms with Crippen LogP contribution in [0.2, 0.25) is 0 Å². The molecule has 2 aromatic heterocycles. The summed E-state index contributed by atoms with van der Waals surface area (Å²) in [5.41, 5.74) is 3.87. The van der Waals surface area contributed by atoms with Gasteiger partial charge in [-0.2, -0.15) is 16.9 Å². The lowest BCUT2D eigenvalue weighted by Crippen LogP contribution is -2.30. The van der Waals surface area contributed by atoms with Crippen LogP contribution in [0.3, 0.4) is 0 Å². The Hall–Kier alpha value is -3.26. The highest BCUT2D eigenvalue weighted by atomic mass is 32.2. The number of rotatable bonds is 8. The molecule has 8 heteroatoms. The number of methoxy groups -OCH3 is 1. The van der Waals surface area contributed by atoms with E-state index in [4.69, 9.17) is 4.74 Å². The number of fused-ring (bicyclic) bond motifs is 1. The largest absolute Gasteiger partial charge is 0.497 e. The van der Waals surface area contributed by atoms with Crippen molar-refractivity contribution in [3.63, 3.8) is 0 Å². The van der Waals surface area contributed by atoms with E-state index in [9.17, 15) is 4.79 Å². The maximum atomic E-state index is 13.1. The standard InChI is InChI=1S/C22H23N5O2S/c1-29-15-9-7-14(8-10-15)20-16(13-23-27-20)22(28)26-19(11-12-30-2)21-24-17-5-3-4-6-18(17)25-21/h3-10,13,19H,11-12H2,1-2H3,(H,23,27)(H,24,25)(H,26,28)/t19-/m0/s1. The Kier molecular flexibility index (Phi) is 6.04. The Bertz CT molecular complexity index is 1100. The van der Waals surface area contributed by atoms with Crippen LogP contribution in [-0.2, 0) is 0 Å². The van der Waals surface area contributed by atoms with E-state index in [1.807, 2.05) is 48.5 Å². The molecule has 0 fully saturated rings. The minimum Gasteiger partial charge on any atom is -0.497 e. The van der Waals surface area contributed by atoms with Gasteiger partial charge in [0.25, 0.3) is 5.91 Å². The zero-order valence-electron chi connectivity index (χ0n) is 16.8. The smallest absolute Gasteiger partial charge is 0.255 e. The number of aromatic amines is 2. The quantitative estimate of drug-likeness (QED) is 0.397. The lowest BCUT2D eigenvalue weighted by Gasteiger charge is -2.16. The summed E-state index contributed by atoms with van der Waals surface area (Å²) in [6.45, 7) is 0. The summed E-state index contributed by atoms with van der Waals surface area (Å²) in [7, 11) is 1.62. The van der Waals surface area contributed by atoms with Crippen LogP contribution in [-0.4, -0.2) is 45.2 Å². The molecule has 0 saturated heterocycles. The number of carbonyl (C=O) groups is 1. The molecule has 0 aliphatic heterocycles. The van der Waals surface area contributed by atoms with Crippen LogP contribution in [0.5, 0.6) is 5.75 Å². The van der Waals surface area contributed by atoms with Crippen molar-refractivity contribution in [1.82, 2.24) is 25.5 Å². The van der Waals surface area contributed by atoms with Crippen molar-refractivity contribution in [2.45, 2.75) is 12.5 Å². The molecule has 1 amide bonds. The summed E-state index contributed by atoms with van der Waals surface area (Å²) in [5.74, 6) is 2.22. The number of ether oxygens (including phenoxy) is 1. The molecule has 3 N–H and O–H groups in total. The van der Waals surface area contributed by atoms with Gasteiger partial charge in [-0.25, -0.2) is 4.98 Å². The second kappa shape index (κ2) is 9.04. The van der Waals surface area contributed by atoms with Gasteiger partial charge in [-0.05, 0) is 54.8 Å². The Morgan fingerprint density at radius 3 is 2.73 bits per heavy atom. The topological polar surface area (TPSA) is 95.7 Å². The summed E-state index contributed by atoms with van der Waals surface area (Å²) < 4.78 is 5.21. The molecule has 0 aliphatic rings. The minimum absolute atomic E-state index is 0.193. The molecule has 1 atom stereocenters. The van der Waals surface area contributed by atoms with Gasteiger partial charge in [0.1, 0.15) is 11.6 Å². The van der Waals surface area contributed by atoms with Gasteiger partial charge >= 0.3 is 0 Å². The number of benzene rings is 2. The fourth-order valence-electron chi connectivity index (χ4n) is 3.32. The molecule has 0 unspecified atom stereocenters. The number of imidazole rings is 1. The third-order valence-corrected chi connectivity index (χ3v) is 5.56. The number of hydrogen-bond acceptors (Lipinski definition) is 5. The predicted molar refractivity (Wildman–Crippen MR) is 120 cm³/mol. The highest BCUT2D eigenvalue weighted by molar-refractivity contribution is 7.98. The normalized spacial score (nSPS) is 12.1. The van der Waals surface area contributed by atoms with E-state index >= 15 is 0 Å². The lowest BCUT2D eigenvalue weighted by atomic mass is 10.1. The van der Waals surface area contributed by atoms with Crippen LogP contribution < -0.4 is 10.1 Å². The van der Waals surface area contributed by atoms with E-state index in [1.54, 1.807) is 25.1 Å². The van der Waals surface area contributed by atoms with E-state index in [-0.39, 0.29) is 11.9 Å². The first-order valence-electron chi connectivity index (χ1n) is 9.62. The summed E-state index contributed by atoms with van der Waals surface area (Å²) in [5, 5.41) is 10.2. The van der Waals surface area contributed by atoms with Gasteiger partial charge in [-0.3, -0.25) is 9.89 Å². The lowest BCUT2D eigenvalue weighted by molar-refractivity contribution is 0.0935. The zero-order valence-corrected chi connectivity index (χ0v) is 17.6. The highest BCUT2D eigenvalue weighted by Gasteiger charge is 2.22. The summed E-state index contributed by atoms with van der Waals surface area (Å²) in [4.78, 5) is 21.2. The van der Waals surface area contributed by atoms with Gasteiger partial charge in [0, 0.05) is 5.56 Å². The number of amides is 1. The average Bonchev–Trinajstić information content (AvgIpc) is 3.44. The molecule has 0 aliphatic carbocycles. The molecule has 2 heterocycles. The minimum atomic E-state index is -0.226. The number of aromatic nitrogens is 4. The molecule has 30 heavy (non-hydrogen) atoms. The number of nitrogens with one attached hydrogen (secondary N) is 3. The van der Waals surface area contributed by atoms with Crippen molar-refractivity contribution >= 4 is 28.7 Å². The first-order chi connectivity index (χ1) is 14.7. The maximum Gasteiger partial charge on any atom is 0.255 e. The SMILES string of the molecule is COc1ccc(-c2[nH]ncc2C(=O)N[C@@H](CCSC)c2nc3ccccc3[nH]2)cc1. The molecule has 154 valence electrons. The Labute approximate surface area is 178 Å². The van der Waals surface area contributed by atoms with E-state index in [0.717, 1.165) is 40.3 Å². The molecule has 4 rings (SSSR count). The van der Waals surface area contributed by atoms with Crippen LogP contribution in [0.1, 0.15) is 28.6 Å². The van der Waals surface area contributed by atoms with Crippen LogP contribution in [0.15, 0.2) is 54.7 Å². The number of thioether (sulfide) groups is 1. The summed E-state index contributed by atoms with van der Waals surface area (Å²) in [6.07, 6.45) is 4.37. The summed E-state index contributed by atoms with van der Waals surface area (Å²) >= 11 is 1.74. The van der Waals surface area contributed by atoms with E-state index in [0.29, 0.717) is 11.3 Å². The third-order valence-electron chi connectivity index (χ3n) is 4.92. The molecule has 0 saturated carbocycles. The first kappa shape index (κ1) is 20.0. The van der Waals surface area contributed by atoms with E-state index < -0.39 is 0 Å². The Morgan fingerprint density at radius 2 is 2.00 bits per heavy atom. The zero-order chi connectivity index (χ0) is 20.9. The van der Waals surface area contributed by atoms with Crippen molar-refractivity contribution in [2.75, 3.05) is 19.1 Å². The number of H-pyrrole nitrogens is 2. The molecular formula is C22H23N5O2S. The average molecular weight is 422 g/mol. The van der Waals surface area contributed by atoms with E-state index in [2.05, 4.69) is 31.7 Å². The number of para-hydroxylation sites is 2. The monoisotopic (exact) mass is 421 g/mol. The molecule has 0 spiro atoms. The van der Waals surface area contributed by atoms with Gasteiger partial charge in [-0.1, -0.05) is 12.1 Å². The first-order valence-corrected chi connectivity index (χ1v) is 11.0. The van der Waals surface area contributed by atoms with Crippen LogP contribution in [0.4, 0.5) is 0 Å². The van der Waals surface area contributed by atoms with Gasteiger partial charge in [0.05, 0.1) is 41.6 Å². The van der Waals surface area contributed by atoms with Crippen molar-refractivity contribution in [2.24, 2.45) is 0 Å². The maximum absolute atomic E-state index is 13.1. The van der Waals surface area contributed by atoms with Crippen LogP contribution >= 0.6 is 11.8 Å². The number of carbonyl (C=O) groups excluding carboxylic acids is 1. The van der Waals surface area contributed by atoms with Gasteiger partial charge in [-0.15, -0.1) is 0 Å². The Morgan fingerprint density at radius 1 is 1.20 bits per heavy atom. The predicted octanol–water partition coefficient (Wildman–Crippen LogP) is 4.19. The second-order valence-corrected chi connectivity index (χ2v) is 7.82. The molecule has 0 radical (unpaired) electrons. The van der Waals surface area contributed by atoms with E-state index in [1.165, 1.54) is 0 Å². The number of nitrogens with zero attached hydrogens (tertiary/aromatic N) is 2. The molecule has 0 bridgehead atoms. The van der Waals surface area contributed by atoms with Gasteiger partial charge < -0.3 is 15.0 Å². The van der Waals surface area contributed by atoms with Gasteiger partial charge in [0.2, 0.25) is 0 Å². The van der Waals surface area contributed by atoms with Crippen LogP contribution in [0, 0.1) is 0 Å². The van der Waals surface area contributed by atoms with Crippen molar-refractivity contribution in [3.05, 3.63) is 66.1 Å². The molecule has 7 nitrogen and oxygen atoms in total. The van der Waals surface area contributed by atoms with Crippen molar-refractivity contribution in [1.29, 1.82) is 0 Å². The fourth-order valence-corrected chi connectivity index (χ4v) is 3.79. The van der Waals surface area contributed by atoms with Crippen molar-refractivity contribution in [3.8, 4) is 17.0 Å². The third kappa shape index (κ3) is 4.18. The molecule has 4 aromatic rings. The van der Waals surface area contributed by atoms with Gasteiger partial charge in [0.15, 0.2) is 0 Å². The number of hydrogen-bond donors (Lipinski definition) is 3. The Balaban J connectivity index is 1.59. The van der Waals surface area contributed by atoms with Crippen LogP contribution in [0.25, 0.3) is 22.3 Å².